The molecule has 0 aliphatic carbocycles. The Labute approximate surface area is 128 Å². The average molecular weight is 310 g/mol. The zero-order valence-corrected chi connectivity index (χ0v) is 12.2. The van der Waals surface area contributed by atoms with Crippen molar-refractivity contribution in [2.24, 2.45) is 5.73 Å². The predicted octanol–water partition coefficient (Wildman–Crippen LogP) is 0.977. The molecular formula is C14H16ClN3O3. The first-order valence-corrected chi connectivity index (χ1v) is 6.61. The second-order valence-corrected chi connectivity index (χ2v) is 5.01. The average Bonchev–Trinajstić information content (AvgIpc) is 2.75. The number of fused-ring (bicyclic) bond motifs is 1. The van der Waals surface area contributed by atoms with Crippen LogP contribution in [0.2, 0.25) is 0 Å². The number of piperidine rings is 1. The number of halogens is 1. The second-order valence-electron chi connectivity index (χ2n) is 5.01. The molecule has 6 nitrogen and oxygen atoms in total. The van der Waals surface area contributed by atoms with Crippen molar-refractivity contribution in [1.82, 2.24) is 10.0 Å². The summed E-state index contributed by atoms with van der Waals surface area (Å²) in [6.07, 6.45) is 1.17. The smallest absolute Gasteiger partial charge is 0.273 e. The minimum Gasteiger partial charge on any atom is -0.326 e. The number of amides is 3. The van der Waals surface area contributed by atoms with E-state index in [0.717, 1.165) is 16.1 Å². The molecule has 112 valence electrons. The van der Waals surface area contributed by atoms with Gasteiger partial charge in [0.2, 0.25) is 11.8 Å². The fourth-order valence-electron chi connectivity index (χ4n) is 2.66. The topological polar surface area (TPSA) is 83.7 Å². The molecular weight excluding hydrogens is 294 g/mol. The molecule has 2 aliphatic heterocycles. The van der Waals surface area contributed by atoms with Crippen LogP contribution in [-0.2, 0) is 22.7 Å². The summed E-state index contributed by atoms with van der Waals surface area (Å²) in [7, 11) is 0. The Morgan fingerprint density at radius 3 is 2.38 bits per heavy atom. The summed E-state index contributed by atoms with van der Waals surface area (Å²) in [6, 6.07) is 5.35. The number of hydrazine groups is 1. The fourth-order valence-corrected chi connectivity index (χ4v) is 2.66. The molecule has 21 heavy (non-hydrogen) atoms. The highest BCUT2D eigenvalue weighted by atomic mass is 35.5. The van der Waals surface area contributed by atoms with Gasteiger partial charge >= 0.3 is 0 Å². The first kappa shape index (κ1) is 15.5. The van der Waals surface area contributed by atoms with E-state index in [1.165, 1.54) is 5.01 Å². The molecule has 0 spiro atoms. The molecule has 0 unspecified atom stereocenters. The van der Waals surface area contributed by atoms with E-state index in [9.17, 15) is 14.4 Å². The summed E-state index contributed by atoms with van der Waals surface area (Å²) in [6.45, 7) is 0.641. The van der Waals surface area contributed by atoms with E-state index in [0.29, 0.717) is 31.4 Å². The van der Waals surface area contributed by atoms with Gasteiger partial charge in [0.05, 0.1) is 6.54 Å². The van der Waals surface area contributed by atoms with Crippen molar-refractivity contribution in [3.63, 3.8) is 0 Å². The van der Waals surface area contributed by atoms with E-state index in [4.69, 9.17) is 5.73 Å². The number of carbonyl (C=O) groups is 3. The quantitative estimate of drug-likeness (QED) is 0.825. The predicted molar refractivity (Wildman–Crippen MR) is 77.2 cm³/mol. The number of hydrogen-bond donors (Lipinski definition) is 1. The molecule has 1 saturated heterocycles. The van der Waals surface area contributed by atoms with E-state index in [1.807, 2.05) is 6.07 Å². The molecule has 2 aliphatic rings. The largest absolute Gasteiger partial charge is 0.326 e. The number of nitrogens with two attached hydrogens (primary N) is 1. The van der Waals surface area contributed by atoms with Gasteiger partial charge < -0.3 is 5.73 Å². The summed E-state index contributed by atoms with van der Waals surface area (Å²) in [4.78, 5) is 36.1. The Morgan fingerprint density at radius 2 is 1.76 bits per heavy atom. The van der Waals surface area contributed by atoms with E-state index in [2.05, 4.69) is 0 Å². The molecule has 0 atom stereocenters. The summed E-state index contributed by atoms with van der Waals surface area (Å²) in [5.74, 6) is -0.907. The Morgan fingerprint density at radius 1 is 1.10 bits per heavy atom. The number of nitrogens with zero attached hydrogens (tertiary/aromatic N) is 2. The highest BCUT2D eigenvalue weighted by Gasteiger charge is 2.39. The van der Waals surface area contributed by atoms with Gasteiger partial charge in [-0.25, -0.2) is 5.01 Å². The van der Waals surface area contributed by atoms with Gasteiger partial charge in [-0.15, -0.1) is 12.4 Å². The summed E-state index contributed by atoms with van der Waals surface area (Å²) >= 11 is 0. The van der Waals surface area contributed by atoms with Crippen molar-refractivity contribution < 1.29 is 14.4 Å². The van der Waals surface area contributed by atoms with Crippen molar-refractivity contribution in [2.45, 2.75) is 32.4 Å². The molecule has 0 saturated carbocycles. The number of rotatable bonds is 2. The maximum atomic E-state index is 12.3. The normalized spacial score (nSPS) is 17.9. The Bertz CT molecular complexity index is 601. The van der Waals surface area contributed by atoms with Gasteiger partial charge in [-0.3, -0.25) is 14.4 Å². The van der Waals surface area contributed by atoms with Gasteiger partial charge in [-0.1, -0.05) is 12.1 Å². The molecule has 0 aromatic heterocycles. The van der Waals surface area contributed by atoms with Gasteiger partial charge in [0.25, 0.3) is 5.91 Å². The van der Waals surface area contributed by atoms with Crippen LogP contribution in [0.25, 0.3) is 0 Å². The summed E-state index contributed by atoms with van der Waals surface area (Å²) in [5.41, 5.74) is 7.85. The van der Waals surface area contributed by atoms with Crippen LogP contribution in [0.4, 0.5) is 0 Å². The van der Waals surface area contributed by atoms with Crippen molar-refractivity contribution in [2.75, 3.05) is 0 Å². The van der Waals surface area contributed by atoms with Gasteiger partial charge in [-0.05, 0) is 23.6 Å². The summed E-state index contributed by atoms with van der Waals surface area (Å²) in [5, 5.41) is 2.25. The van der Waals surface area contributed by atoms with Crippen LogP contribution < -0.4 is 5.73 Å². The lowest BCUT2D eigenvalue weighted by atomic mass is 10.1. The Kier molecular flexibility index (Phi) is 4.29. The molecule has 1 aromatic rings. The lowest BCUT2D eigenvalue weighted by molar-refractivity contribution is -0.163. The zero-order chi connectivity index (χ0) is 14.3. The number of benzene rings is 1. The van der Waals surface area contributed by atoms with Crippen LogP contribution in [0.1, 0.15) is 40.7 Å². The number of carbonyl (C=O) groups excluding carboxylic acids is 3. The lowest BCUT2D eigenvalue weighted by Crippen LogP contribution is -2.51. The molecule has 1 fully saturated rings. The molecule has 7 heteroatoms. The minimum absolute atomic E-state index is 0. The van der Waals surface area contributed by atoms with Crippen molar-refractivity contribution in [1.29, 1.82) is 0 Å². The maximum Gasteiger partial charge on any atom is 0.273 e. The van der Waals surface area contributed by atoms with E-state index < -0.39 is 0 Å². The van der Waals surface area contributed by atoms with E-state index in [1.54, 1.807) is 12.1 Å². The molecule has 1 aromatic carbocycles. The van der Waals surface area contributed by atoms with Gasteiger partial charge in [0.15, 0.2) is 0 Å². The monoisotopic (exact) mass is 309 g/mol. The lowest BCUT2D eigenvalue weighted by Gasteiger charge is -2.32. The van der Waals surface area contributed by atoms with E-state index in [-0.39, 0.29) is 36.7 Å². The fraction of sp³-hybridized carbons (Fsp3) is 0.357. The Hall–Kier alpha value is -1.92. The van der Waals surface area contributed by atoms with E-state index >= 15 is 0 Å². The maximum absolute atomic E-state index is 12.3. The number of imide groups is 1. The molecule has 2 heterocycles. The third-order valence-electron chi connectivity index (χ3n) is 3.69. The van der Waals surface area contributed by atoms with Gasteiger partial charge in [-0.2, -0.15) is 5.01 Å². The van der Waals surface area contributed by atoms with Crippen LogP contribution in [0, 0.1) is 0 Å². The summed E-state index contributed by atoms with van der Waals surface area (Å²) < 4.78 is 0. The second kappa shape index (κ2) is 5.83. The SMILES string of the molecule is Cl.NCc1ccc2c(c1)CN(N1C(=O)CCCC1=O)C2=O. The molecule has 3 amide bonds. The molecule has 0 bridgehead atoms. The third-order valence-corrected chi connectivity index (χ3v) is 3.69. The van der Waals surface area contributed by atoms with Crippen molar-refractivity contribution in [3.8, 4) is 0 Å². The molecule has 0 radical (unpaired) electrons. The van der Waals surface area contributed by atoms with Crippen LogP contribution >= 0.6 is 12.4 Å². The van der Waals surface area contributed by atoms with Crippen LogP contribution in [-0.4, -0.2) is 27.7 Å². The minimum atomic E-state index is -0.304. The Balaban J connectivity index is 0.00000161. The van der Waals surface area contributed by atoms with Crippen molar-refractivity contribution >= 4 is 30.1 Å². The van der Waals surface area contributed by atoms with Crippen LogP contribution in [0.5, 0.6) is 0 Å². The highest BCUT2D eigenvalue weighted by molar-refractivity contribution is 6.04. The van der Waals surface area contributed by atoms with Crippen LogP contribution in [0.15, 0.2) is 18.2 Å². The van der Waals surface area contributed by atoms with Crippen LogP contribution in [0.3, 0.4) is 0 Å². The molecule has 2 N–H and O–H groups in total. The first-order valence-electron chi connectivity index (χ1n) is 6.61. The molecule has 3 rings (SSSR count). The van der Waals surface area contributed by atoms with Crippen molar-refractivity contribution in [3.05, 3.63) is 34.9 Å². The third kappa shape index (κ3) is 2.52. The highest BCUT2D eigenvalue weighted by Crippen LogP contribution is 2.27. The van der Waals surface area contributed by atoms with Gasteiger partial charge in [0.1, 0.15) is 0 Å². The zero-order valence-electron chi connectivity index (χ0n) is 11.4. The standard InChI is InChI=1S/C14H15N3O3.ClH/c15-7-9-4-5-11-10(6-9)8-16(14(11)20)17-12(18)2-1-3-13(17)19;/h4-6H,1-3,7-8,15H2;1H. The number of hydrogen-bond acceptors (Lipinski definition) is 4. The van der Waals surface area contributed by atoms with Gasteiger partial charge in [0, 0.05) is 24.9 Å². The first-order chi connectivity index (χ1) is 9.61.